The first kappa shape index (κ1) is 46.0. The van der Waals surface area contributed by atoms with E-state index in [-0.39, 0.29) is 27.2 Å². The van der Waals surface area contributed by atoms with Crippen molar-refractivity contribution in [2.45, 2.75) is 113 Å². The Balaban J connectivity index is 1.61. The van der Waals surface area contributed by atoms with Crippen LogP contribution in [0, 0.1) is 55.2 Å². The summed E-state index contributed by atoms with van der Waals surface area (Å²) in [6, 6.07) is 11.1. The summed E-state index contributed by atoms with van der Waals surface area (Å²) in [6.07, 6.45) is 23.5. The van der Waals surface area contributed by atoms with Gasteiger partial charge in [0.25, 0.3) is 0 Å². The number of halogens is 6. The Kier molecular flexibility index (Phi) is 10.6. The van der Waals surface area contributed by atoms with Crippen LogP contribution in [0.2, 0.25) is 4.51 Å². The molecular weight excluding hydrogens is 852 g/mol. The molecule has 10 atom stereocenters. The predicted octanol–water partition coefficient (Wildman–Crippen LogP) is 16.4. The maximum atomic E-state index is 14.4. The number of benzene rings is 2. The summed E-state index contributed by atoms with van der Waals surface area (Å²) in [7, 11) is 0. The van der Waals surface area contributed by atoms with Gasteiger partial charge < -0.3 is 0 Å². The van der Waals surface area contributed by atoms with Crippen LogP contribution in [-0.2, 0) is 27.9 Å². The monoisotopic (exact) mass is 914 g/mol. The van der Waals surface area contributed by atoms with Gasteiger partial charge in [0.15, 0.2) is 0 Å². The molecule has 7 heteroatoms. The molecule has 63 heavy (non-hydrogen) atoms. The molecule has 0 saturated heterocycles. The first-order valence-corrected chi connectivity index (χ1v) is 27.8. The summed E-state index contributed by atoms with van der Waals surface area (Å²) in [5.41, 5.74) is -0.697. The van der Waals surface area contributed by atoms with Crippen LogP contribution in [0.25, 0.3) is 0 Å². The van der Waals surface area contributed by atoms with E-state index in [1.165, 1.54) is 39.6 Å². The van der Waals surface area contributed by atoms with E-state index >= 15 is 0 Å². The van der Waals surface area contributed by atoms with E-state index in [1.807, 2.05) is 0 Å². The zero-order valence-corrected chi connectivity index (χ0v) is 42.2. The van der Waals surface area contributed by atoms with Crippen LogP contribution in [0.4, 0.5) is 26.3 Å². The molecule has 8 rings (SSSR count). The molecule has 0 N–H and O–H groups in total. The number of rotatable bonds is 6. The van der Waals surface area contributed by atoms with Crippen LogP contribution >= 0.6 is 0 Å². The Labute approximate surface area is 377 Å². The van der Waals surface area contributed by atoms with Gasteiger partial charge in [-0.05, 0) is 0 Å². The predicted molar refractivity (Wildman–Crippen MR) is 244 cm³/mol. The molecule has 0 bridgehead atoms. The van der Waals surface area contributed by atoms with Gasteiger partial charge in [0.1, 0.15) is 0 Å². The van der Waals surface area contributed by atoms with Crippen LogP contribution in [0.3, 0.4) is 0 Å². The zero-order valence-electron chi connectivity index (χ0n) is 39.2. The SMILES string of the molecule is CCCC1C=C(C(C)(C)C)C=[C]1[Zn](=[C](c1ccc(C(F)(F)F)cc1)c1ccc(C(F)(F)F)cc1)[CH]1C2C=CC=C(C)C2(C)C2(C)C3(C)C=CC=CC3(C)C3(C)C=CC=CC3(C)C12C. The molecule has 6 aliphatic carbocycles. The van der Waals surface area contributed by atoms with Gasteiger partial charge in [-0.2, -0.15) is 0 Å². The molecular formula is C56H64F6Zn. The molecule has 0 aromatic heterocycles. The summed E-state index contributed by atoms with van der Waals surface area (Å²) in [4.78, 5) is 0. The Bertz CT molecular complexity index is 2430. The third-order valence-electron chi connectivity index (χ3n) is 19.7. The number of alkyl halides is 6. The molecule has 0 amide bonds. The first-order valence-electron chi connectivity index (χ1n) is 23.1. The van der Waals surface area contributed by atoms with Crippen molar-refractivity contribution < 1.29 is 41.8 Å². The summed E-state index contributed by atoms with van der Waals surface area (Å²) in [6.45, 7) is 28.8. The average molecular weight is 917 g/mol. The van der Waals surface area contributed by atoms with Gasteiger partial charge >= 0.3 is 379 Å². The van der Waals surface area contributed by atoms with E-state index < -0.39 is 71.5 Å². The average Bonchev–Trinajstić information content (AvgIpc) is 3.71. The molecule has 0 radical (unpaired) electrons. The van der Waals surface area contributed by atoms with Crippen molar-refractivity contribution in [3.8, 4) is 0 Å². The Morgan fingerprint density at radius 1 is 0.635 bits per heavy atom. The molecule has 0 heterocycles. The van der Waals surface area contributed by atoms with Gasteiger partial charge in [-0.15, -0.1) is 0 Å². The normalized spacial score (nSPS) is 37.6. The van der Waals surface area contributed by atoms with Crippen LogP contribution in [0.15, 0.2) is 143 Å². The third-order valence-corrected chi connectivity index (χ3v) is 31.1. The molecule has 0 nitrogen and oxygen atoms in total. The maximum absolute atomic E-state index is 14.4. The van der Waals surface area contributed by atoms with Crippen molar-refractivity contribution in [1.29, 1.82) is 0 Å². The fraction of sp³-hybridized carbons (Fsp3) is 0.482. The number of fused-ring (bicyclic) bond motifs is 8. The van der Waals surface area contributed by atoms with Crippen LogP contribution < -0.4 is 0 Å². The number of hydrogen-bond acceptors (Lipinski definition) is 0. The summed E-state index contributed by atoms with van der Waals surface area (Å²) >= 11 is -4.06. The van der Waals surface area contributed by atoms with Crippen molar-refractivity contribution in [3.05, 3.63) is 165 Å². The molecule has 10 unspecified atom stereocenters. The van der Waals surface area contributed by atoms with Crippen LogP contribution in [0.5, 0.6) is 0 Å². The zero-order chi connectivity index (χ0) is 46.2. The second-order valence-electron chi connectivity index (χ2n) is 22.3. The Morgan fingerprint density at radius 3 is 1.56 bits per heavy atom. The summed E-state index contributed by atoms with van der Waals surface area (Å²) in [5, 5.41) is 0. The van der Waals surface area contributed by atoms with E-state index in [9.17, 15) is 26.3 Å². The van der Waals surface area contributed by atoms with Crippen molar-refractivity contribution in [1.82, 2.24) is 0 Å². The molecule has 6 aliphatic rings. The standard InChI is InChI=1S/C29H37.C15H8F6.C12H19.Zn/c1-21-14-13-15-22-20-27(6)25(4)18-10-9-16-23(25,2)24(3)17-11-12-19-26(24,5)29(27,8)28(21,22)7;16-14(17,18)12-5-1-10(2-6-12)9-11-3-7-13(8-4-11)15(19,20)21;1-5-6-10-7-8-11(9-10)12(2,3)4;/h9-20,22H,1-8H3;1-8H;8-10H,5-6H2,1-4H3;. The van der Waals surface area contributed by atoms with Crippen LogP contribution in [0.1, 0.15) is 118 Å². The fourth-order valence-electron chi connectivity index (χ4n) is 15.8. The fourth-order valence-corrected chi connectivity index (χ4v) is 30.1. The second kappa shape index (κ2) is 14.5. The summed E-state index contributed by atoms with van der Waals surface area (Å²) < 4.78 is 88.6. The van der Waals surface area contributed by atoms with Crippen molar-refractivity contribution in [2.24, 2.45) is 55.2 Å². The van der Waals surface area contributed by atoms with Crippen molar-refractivity contribution >= 4 is 4.11 Å². The molecule has 2 fully saturated rings. The van der Waals surface area contributed by atoms with E-state index in [0.29, 0.717) is 11.1 Å². The number of allylic oxidation sites excluding steroid dienone is 16. The molecule has 2 aromatic rings. The molecule has 2 saturated carbocycles. The topological polar surface area (TPSA) is 0 Å². The van der Waals surface area contributed by atoms with Crippen LogP contribution in [-0.4, -0.2) is 4.11 Å². The quantitative estimate of drug-likeness (QED) is 0.200. The van der Waals surface area contributed by atoms with Gasteiger partial charge in [-0.25, -0.2) is 0 Å². The third kappa shape index (κ3) is 5.84. The Hall–Kier alpha value is -3.57. The van der Waals surface area contributed by atoms with Crippen molar-refractivity contribution in [2.75, 3.05) is 0 Å². The number of hydrogen-bond donors (Lipinski definition) is 0. The van der Waals surface area contributed by atoms with E-state index in [2.05, 4.69) is 162 Å². The summed E-state index contributed by atoms with van der Waals surface area (Å²) in [5.74, 6) is 0.106. The van der Waals surface area contributed by atoms with E-state index in [1.54, 1.807) is 24.3 Å². The van der Waals surface area contributed by atoms with Gasteiger partial charge in [-0.3, -0.25) is 0 Å². The Morgan fingerprint density at radius 2 is 1.10 bits per heavy atom. The molecule has 2 aromatic carbocycles. The second-order valence-corrected chi connectivity index (χ2v) is 29.8. The van der Waals surface area contributed by atoms with Gasteiger partial charge in [0.2, 0.25) is 0 Å². The van der Waals surface area contributed by atoms with E-state index in [0.717, 1.165) is 16.9 Å². The molecule has 332 valence electrons. The van der Waals surface area contributed by atoms with Gasteiger partial charge in [-0.1, -0.05) is 0 Å². The first-order chi connectivity index (χ1) is 29.1. The molecule has 0 spiro atoms. The van der Waals surface area contributed by atoms with E-state index in [4.69, 9.17) is 0 Å². The minimum absolute atomic E-state index is 0.00599. The molecule has 0 aliphatic heterocycles. The van der Waals surface area contributed by atoms with Crippen molar-refractivity contribution in [3.63, 3.8) is 0 Å². The van der Waals surface area contributed by atoms with Gasteiger partial charge in [0.05, 0.1) is 0 Å². The minimum atomic E-state index is -4.55. The van der Waals surface area contributed by atoms with Gasteiger partial charge in [0, 0.05) is 0 Å².